The summed E-state index contributed by atoms with van der Waals surface area (Å²) < 4.78 is 10.4. The summed E-state index contributed by atoms with van der Waals surface area (Å²) in [6, 6.07) is -0.257. The molecule has 0 aromatic heterocycles. The van der Waals surface area contributed by atoms with E-state index in [2.05, 4.69) is 0 Å². The lowest BCUT2D eigenvalue weighted by Gasteiger charge is -2.31. The van der Waals surface area contributed by atoms with E-state index in [0.29, 0.717) is 13.0 Å². The van der Waals surface area contributed by atoms with Crippen molar-refractivity contribution in [1.82, 2.24) is 4.90 Å². The highest BCUT2D eigenvalue weighted by Crippen LogP contribution is 2.50. The molecular formula is C14H22ClNO4. The maximum Gasteiger partial charge on any atom is 0.410 e. The van der Waals surface area contributed by atoms with E-state index in [0.717, 1.165) is 19.3 Å². The summed E-state index contributed by atoms with van der Waals surface area (Å²) in [6.45, 7) is 6.05. The van der Waals surface area contributed by atoms with Crippen molar-refractivity contribution in [2.45, 2.75) is 58.1 Å². The summed E-state index contributed by atoms with van der Waals surface area (Å²) in [5.74, 6) is -0.277. The SMILES string of the molecule is CC(C)(C)OC(=O)N1CCC2(C(=O)OCCl)CCCC12. The standard InChI is InChI=1S/C14H22ClNO4/c1-13(2,3)20-12(18)16-8-7-14(11(17)19-9-15)6-4-5-10(14)16/h10H,4-9H2,1-3H3. The number of rotatable bonds is 2. The van der Waals surface area contributed by atoms with Crippen molar-refractivity contribution in [3.8, 4) is 0 Å². The van der Waals surface area contributed by atoms with Crippen LogP contribution >= 0.6 is 11.6 Å². The van der Waals surface area contributed by atoms with Crippen LogP contribution < -0.4 is 0 Å². The molecule has 114 valence electrons. The lowest BCUT2D eigenvalue weighted by molar-refractivity contribution is -0.154. The lowest BCUT2D eigenvalue weighted by atomic mass is 9.82. The Morgan fingerprint density at radius 3 is 2.65 bits per heavy atom. The van der Waals surface area contributed by atoms with Crippen molar-refractivity contribution in [3.63, 3.8) is 0 Å². The number of esters is 1. The second-order valence-corrected chi connectivity index (χ2v) is 6.75. The van der Waals surface area contributed by atoms with Gasteiger partial charge in [-0.05, 0) is 40.0 Å². The lowest BCUT2D eigenvalue weighted by Crippen LogP contribution is -2.45. The van der Waals surface area contributed by atoms with Crippen molar-refractivity contribution in [2.75, 3.05) is 12.6 Å². The Bertz CT molecular complexity index is 406. The number of nitrogens with zero attached hydrogens (tertiary/aromatic N) is 1. The molecule has 2 fully saturated rings. The molecule has 0 bridgehead atoms. The molecule has 1 saturated heterocycles. The van der Waals surface area contributed by atoms with Crippen LogP contribution in [0.2, 0.25) is 0 Å². The molecular weight excluding hydrogens is 282 g/mol. The fourth-order valence-corrected chi connectivity index (χ4v) is 3.45. The number of fused-ring (bicyclic) bond motifs is 1. The van der Waals surface area contributed by atoms with Crippen LogP contribution in [0.1, 0.15) is 46.5 Å². The van der Waals surface area contributed by atoms with Crippen molar-refractivity contribution in [2.24, 2.45) is 5.41 Å². The quantitative estimate of drug-likeness (QED) is 0.581. The minimum Gasteiger partial charge on any atom is -0.449 e. The third-order valence-electron chi connectivity index (χ3n) is 4.13. The van der Waals surface area contributed by atoms with Crippen LogP contribution in [-0.2, 0) is 14.3 Å². The van der Waals surface area contributed by atoms with E-state index in [1.54, 1.807) is 4.90 Å². The molecule has 2 rings (SSSR count). The van der Waals surface area contributed by atoms with E-state index in [-0.39, 0.29) is 24.2 Å². The average molecular weight is 304 g/mol. The number of likely N-dealkylation sites (tertiary alicyclic amines) is 1. The molecule has 20 heavy (non-hydrogen) atoms. The van der Waals surface area contributed by atoms with Gasteiger partial charge in [-0.3, -0.25) is 4.79 Å². The van der Waals surface area contributed by atoms with Gasteiger partial charge in [0, 0.05) is 6.54 Å². The largest absolute Gasteiger partial charge is 0.449 e. The summed E-state index contributed by atoms with van der Waals surface area (Å²) in [6.07, 6.45) is 2.78. The predicted molar refractivity (Wildman–Crippen MR) is 74.4 cm³/mol. The minimum atomic E-state index is -0.578. The molecule has 1 amide bonds. The van der Waals surface area contributed by atoms with Crippen LogP contribution in [-0.4, -0.2) is 41.2 Å². The molecule has 0 N–H and O–H groups in total. The number of carbonyl (C=O) groups is 2. The van der Waals surface area contributed by atoms with Crippen molar-refractivity contribution < 1.29 is 19.1 Å². The van der Waals surface area contributed by atoms with Gasteiger partial charge in [-0.1, -0.05) is 18.0 Å². The zero-order chi connectivity index (χ0) is 15.0. The number of halogens is 1. The summed E-state index contributed by atoms with van der Waals surface area (Å²) in [7, 11) is 0. The van der Waals surface area contributed by atoms with Crippen molar-refractivity contribution in [3.05, 3.63) is 0 Å². The van der Waals surface area contributed by atoms with Gasteiger partial charge in [-0.25, -0.2) is 4.79 Å². The van der Waals surface area contributed by atoms with Gasteiger partial charge in [0.25, 0.3) is 0 Å². The highest BCUT2D eigenvalue weighted by atomic mass is 35.5. The van der Waals surface area contributed by atoms with E-state index in [1.807, 2.05) is 20.8 Å². The Labute approximate surface area is 124 Å². The van der Waals surface area contributed by atoms with Gasteiger partial charge < -0.3 is 14.4 Å². The van der Waals surface area contributed by atoms with Crippen molar-refractivity contribution >= 4 is 23.7 Å². The first-order valence-electron chi connectivity index (χ1n) is 7.03. The molecule has 0 spiro atoms. The van der Waals surface area contributed by atoms with E-state index in [9.17, 15) is 9.59 Å². The topological polar surface area (TPSA) is 55.8 Å². The third-order valence-corrected chi connectivity index (χ3v) is 4.24. The van der Waals surface area contributed by atoms with Gasteiger partial charge >= 0.3 is 12.1 Å². The first kappa shape index (κ1) is 15.4. The summed E-state index contributed by atoms with van der Waals surface area (Å²) >= 11 is 5.50. The Kier molecular flexibility index (Phi) is 4.19. The molecule has 0 aromatic rings. The summed E-state index contributed by atoms with van der Waals surface area (Å²) in [5, 5.41) is 0. The molecule has 5 nitrogen and oxygen atoms in total. The van der Waals surface area contributed by atoms with E-state index in [4.69, 9.17) is 21.1 Å². The third kappa shape index (κ3) is 2.73. The molecule has 2 aliphatic rings. The minimum absolute atomic E-state index is 0.118. The Balaban J connectivity index is 2.13. The molecule has 1 saturated carbocycles. The highest BCUT2D eigenvalue weighted by Gasteiger charge is 2.58. The fourth-order valence-electron chi connectivity index (χ4n) is 3.35. The highest BCUT2D eigenvalue weighted by molar-refractivity contribution is 6.17. The molecule has 1 aliphatic heterocycles. The zero-order valence-corrected chi connectivity index (χ0v) is 13.0. The number of ether oxygens (including phenoxy) is 2. The Hall–Kier alpha value is -0.970. The van der Waals surface area contributed by atoms with Gasteiger partial charge in [-0.15, -0.1) is 0 Å². The molecule has 2 atom stereocenters. The zero-order valence-electron chi connectivity index (χ0n) is 12.3. The molecule has 2 unspecified atom stereocenters. The molecule has 1 heterocycles. The molecule has 6 heteroatoms. The number of hydrogen-bond donors (Lipinski definition) is 0. The molecule has 1 aliphatic carbocycles. The monoisotopic (exact) mass is 303 g/mol. The summed E-state index contributed by atoms with van der Waals surface area (Å²) in [4.78, 5) is 26.2. The number of carbonyl (C=O) groups excluding carboxylic acids is 2. The van der Waals surface area contributed by atoms with Crippen LogP contribution in [0.25, 0.3) is 0 Å². The van der Waals surface area contributed by atoms with Gasteiger partial charge in [0.05, 0.1) is 11.5 Å². The Morgan fingerprint density at radius 1 is 1.35 bits per heavy atom. The van der Waals surface area contributed by atoms with Crippen LogP contribution in [0.4, 0.5) is 4.79 Å². The second kappa shape index (κ2) is 5.43. The molecule has 0 aromatic carbocycles. The van der Waals surface area contributed by atoms with Crippen LogP contribution in [0.5, 0.6) is 0 Å². The van der Waals surface area contributed by atoms with Crippen LogP contribution in [0.3, 0.4) is 0 Å². The van der Waals surface area contributed by atoms with Gasteiger partial charge in [-0.2, -0.15) is 0 Å². The van der Waals surface area contributed by atoms with Crippen molar-refractivity contribution in [1.29, 1.82) is 0 Å². The molecule has 0 radical (unpaired) electrons. The predicted octanol–water partition coefficient (Wildman–Crippen LogP) is 2.91. The van der Waals surface area contributed by atoms with Gasteiger partial charge in [0.15, 0.2) is 6.07 Å². The Morgan fingerprint density at radius 2 is 2.05 bits per heavy atom. The maximum absolute atomic E-state index is 12.3. The van der Waals surface area contributed by atoms with Crippen LogP contribution in [0.15, 0.2) is 0 Å². The normalized spacial score (nSPS) is 29.2. The van der Waals surface area contributed by atoms with E-state index < -0.39 is 11.0 Å². The first-order valence-corrected chi connectivity index (χ1v) is 7.56. The van der Waals surface area contributed by atoms with E-state index in [1.165, 1.54) is 0 Å². The van der Waals surface area contributed by atoms with E-state index >= 15 is 0 Å². The number of hydrogen-bond acceptors (Lipinski definition) is 4. The number of amides is 1. The van der Waals surface area contributed by atoms with Gasteiger partial charge in [0.1, 0.15) is 5.60 Å². The number of alkyl halides is 1. The fraction of sp³-hybridized carbons (Fsp3) is 0.857. The smallest absolute Gasteiger partial charge is 0.410 e. The maximum atomic E-state index is 12.3. The second-order valence-electron chi connectivity index (χ2n) is 6.53. The first-order chi connectivity index (χ1) is 9.30. The average Bonchev–Trinajstić information content (AvgIpc) is 2.84. The van der Waals surface area contributed by atoms with Crippen LogP contribution in [0, 0.1) is 5.41 Å². The summed E-state index contributed by atoms with van der Waals surface area (Å²) in [5.41, 5.74) is -1.11. The van der Waals surface area contributed by atoms with Gasteiger partial charge in [0.2, 0.25) is 0 Å².